The molecule has 2 nitrogen and oxygen atoms in total. The van der Waals surface area contributed by atoms with Gasteiger partial charge in [-0.25, -0.2) is 4.39 Å². The van der Waals surface area contributed by atoms with Crippen LogP contribution in [-0.2, 0) is 4.74 Å². The third-order valence-electron chi connectivity index (χ3n) is 3.78. The monoisotopic (exact) mass is 237 g/mol. The van der Waals surface area contributed by atoms with Gasteiger partial charge in [-0.05, 0) is 18.9 Å². The first-order valence-corrected chi connectivity index (χ1v) is 6.35. The van der Waals surface area contributed by atoms with E-state index in [2.05, 4.69) is 19.2 Å². The van der Waals surface area contributed by atoms with E-state index < -0.39 is 0 Å². The summed E-state index contributed by atoms with van der Waals surface area (Å²) in [5.41, 5.74) is 0.441. The average molecular weight is 237 g/mol. The van der Waals surface area contributed by atoms with Crippen molar-refractivity contribution in [3.8, 4) is 0 Å². The van der Waals surface area contributed by atoms with E-state index in [0.717, 1.165) is 24.9 Å². The largest absolute Gasteiger partial charge is 0.372 e. The van der Waals surface area contributed by atoms with Gasteiger partial charge in [0.05, 0.1) is 18.2 Å². The predicted molar refractivity (Wildman–Crippen MR) is 66.4 cm³/mol. The zero-order chi connectivity index (χ0) is 12.3. The number of ether oxygens (including phenoxy) is 1. The van der Waals surface area contributed by atoms with Crippen LogP contribution in [-0.4, -0.2) is 18.8 Å². The van der Waals surface area contributed by atoms with E-state index in [1.54, 1.807) is 6.07 Å². The molecule has 0 aliphatic carbocycles. The van der Waals surface area contributed by atoms with Crippen molar-refractivity contribution in [2.45, 2.75) is 38.3 Å². The highest BCUT2D eigenvalue weighted by atomic mass is 19.1. The molecule has 0 radical (unpaired) electrons. The summed E-state index contributed by atoms with van der Waals surface area (Å²) in [5, 5.41) is 3.40. The van der Waals surface area contributed by atoms with Crippen LogP contribution in [0.4, 0.5) is 4.39 Å². The fraction of sp³-hybridized carbons (Fsp3) is 0.571. The van der Waals surface area contributed by atoms with Crippen molar-refractivity contribution in [3.63, 3.8) is 0 Å². The second-order valence-corrected chi connectivity index (χ2v) is 4.53. The van der Waals surface area contributed by atoms with Crippen LogP contribution in [0, 0.1) is 5.82 Å². The first kappa shape index (κ1) is 12.5. The van der Waals surface area contributed by atoms with Crippen LogP contribution in [0.1, 0.15) is 38.3 Å². The van der Waals surface area contributed by atoms with Crippen molar-refractivity contribution < 1.29 is 9.13 Å². The van der Waals surface area contributed by atoms with Crippen molar-refractivity contribution in [1.29, 1.82) is 0 Å². The Labute approximate surface area is 102 Å². The molecule has 94 valence electrons. The first-order valence-electron chi connectivity index (χ1n) is 6.35. The number of benzene rings is 1. The molecular weight excluding hydrogens is 217 g/mol. The highest BCUT2D eigenvalue weighted by Gasteiger charge is 2.40. The molecule has 3 heteroatoms. The zero-order valence-electron chi connectivity index (χ0n) is 10.5. The Hall–Kier alpha value is -0.930. The Morgan fingerprint density at radius 2 is 2.06 bits per heavy atom. The van der Waals surface area contributed by atoms with E-state index in [1.165, 1.54) is 6.07 Å². The number of nitrogens with one attached hydrogen (secondary N) is 1. The second kappa shape index (κ2) is 5.15. The van der Waals surface area contributed by atoms with Gasteiger partial charge >= 0.3 is 0 Å². The van der Waals surface area contributed by atoms with E-state index in [0.29, 0.717) is 6.61 Å². The summed E-state index contributed by atoms with van der Waals surface area (Å²) in [6.07, 6.45) is 1.77. The van der Waals surface area contributed by atoms with Crippen LogP contribution < -0.4 is 5.32 Å². The van der Waals surface area contributed by atoms with Gasteiger partial charge in [0.1, 0.15) is 5.82 Å². The molecule has 0 spiro atoms. The lowest BCUT2D eigenvalue weighted by Crippen LogP contribution is -2.51. The van der Waals surface area contributed by atoms with E-state index in [1.807, 2.05) is 12.1 Å². The number of morpholine rings is 1. The summed E-state index contributed by atoms with van der Waals surface area (Å²) < 4.78 is 19.9. The Kier molecular flexibility index (Phi) is 3.79. The molecule has 1 aromatic rings. The molecule has 2 rings (SSSR count). The zero-order valence-corrected chi connectivity index (χ0v) is 10.5. The Bertz CT molecular complexity index is 376. The molecule has 1 atom stereocenters. The molecule has 1 unspecified atom stereocenters. The minimum Gasteiger partial charge on any atom is -0.372 e. The second-order valence-electron chi connectivity index (χ2n) is 4.53. The number of rotatable bonds is 3. The van der Waals surface area contributed by atoms with Crippen LogP contribution in [0.2, 0.25) is 0 Å². The maximum Gasteiger partial charge on any atom is 0.128 e. The molecule has 1 heterocycles. The van der Waals surface area contributed by atoms with Gasteiger partial charge < -0.3 is 10.1 Å². The lowest BCUT2D eigenvalue weighted by molar-refractivity contribution is -0.104. The summed E-state index contributed by atoms with van der Waals surface area (Å²) in [4.78, 5) is 0. The molecule has 0 saturated carbocycles. The standard InChI is InChI=1S/C14H20FNO/c1-3-14(4-2)13(16-9-10-17-14)11-7-5-6-8-12(11)15/h5-8,13,16H,3-4,9-10H2,1-2H3. The molecule has 1 N–H and O–H groups in total. The van der Waals surface area contributed by atoms with Gasteiger partial charge in [0, 0.05) is 12.1 Å². The summed E-state index contributed by atoms with van der Waals surface area (Å²) in [5.74, 6) is -0.151. The molecule has 1 saturated heterocycles. The molecule has 0 bridgehead atoms. The molecule has 1 fully saturated rings. The van der Waals surface area contributed by atoms with Crippen LogP contribution in [0.15, 0.2) is 24.3 Å². The summed E-state index contributed by atoms with van der Waals surface area (Å²) >= 11 is 0. The topological polar surface area (TPSA) is 21.3 Å². The van der Waals surface area contributed by atoms with Gasteiger partial charge in [0.25, 0.3) is 0 Å². The molecule has 1 aromatic carbocycles. The third kappa shape index (κ3) is 2.22. The Balaban J connectivity index is 2.37. The molecule has 17 heavy (non-hydrogen) atoms. The molecule has 1 aliphatic heterocycles. The minimum atomic E-state index is -0.277. The fourth-order valence-electron chi connectivity index (χ4n) is 2.69. The summed E-state index contributed by atoms with van der Waals surface area (Å²) in [6, 6.07) is 6.92. The van der Waals surface area contributed by atoms with Crippen molar-refractivity contribution in [2.24, 2.45) is 0 Å². The minimum absolute atomic E-state index is 0.0487. The van der Waals surface area contributed by atoms with E-state index >= 15 is 0 Å². The van der Waals surface area contributed by atoms with Crippen LogP contribution in [0.5, 0.6) is 0 Å². The van der Waals surface area contributed by atoms with Gasteiger partial charge in [-0.2, -0.15) is 0 Å². The number of hydrogen-bond donors (Lipinski definition) is 1. The van der Waals surface area contributed by atoms with Gasteiger partial charge in [0.15, 0.2) is 0 Å². The van der Waals surface area contributed by atoms with Gasteiger partial charge in [-0.15, -0.1) is 0 Å². The van der Waals surface area contributed by atoms with Crippen molar-refractivity contribution in [3.05, 3.63) is 35.6 Å². The van der Waals surface area contributed by atoms with Crippen LogP contribution >= 0.6 is 0 Å². The predicted octanol–water partition coefficient (Wildman–Crippen LogP) is 3.05. The number of hydrogen-bond acceptors (Lipinski definition) is 2. The van der Waals surface area contributed by atoms with Gasteiger partial charge in [-0.1, -0.05) is 32.0 Å². The first-order chi connectivity index (χ1) is 8.23. The van der Waals surface area contributed by atoms with Crippen LogP contribution in [0.25, 0.3) is 0 Å². The van der Waals surface area contributed by atoms with E-state index in [4.69, 9.17) is 4.74 Å². The van der Waals surface area contributed by atoms with Gasteiger partial charge in [0.2, 0.25) is 0 Å². The molecule has 1 aliphatic rings. The Morgan fingerprint density at radius 1 is 1.35 bits per heavy atom. The molecule has 0 amide bonds. The SMILES string of the molecule is CCC1(CC)OCCNC1c1ccccc1F. The Morgan fingerprint density at radius 3 is 2.71 bits per heavy atom. The van der Waals surface area contributed by atoms with Gasteiger partial charge in [-0.3, -0.25) is 0 Å². The normalized spacial score (nSPS) is 23.6. The van der Waals surface area contributed by atoms with E-state index in [9.17, 15) is 4.39 Å². The maximum atomic E-state index is 13.9. The van der Waals surface area contributed by atoms with Crippen LogP contribution in [0.3, 0.4) is 0 Å². The number of halogens is 1. The van der Waals surface area contributed by atoms with Crippen molar-refractivity contribution in [1.82, 2.24) is 5.32 Å². The van der Waals surface area contributed by atoms with Crippen molar-refractivity contribution >= 4 is 0 Å². The summed E-state index contributed by atoms with van der Waals surface area (Å²) in [7, 11) is 0. The van der Waals surface area contributed by atoms with E-state index in [-0.39, 0.29) is 17.5 Å². The fourth-order valence-corrected chi connectivity index (χ4v) is 2.69. The summed E-state index contributed by atoms with van der Waals surface area (Å²) in [6.45, 7) is 5.68. The quantitative estimate of drug-likeness (QED) is 0.872. The lowest BCUT2D eigenvalue weighted by Gasteiger charge is -2.44. The third-order valence-corrected chi connectivity index (χ3v) is 3.78. The van der Waals surface area contributed by atoms with Crippen molar-refractivity contribution in [2.75, 3.05) is 13.2 Å². The molecular formula is C14H20FNO. The maximum absolute atomic E-state index is 13.9. The average Bonchev–Trinajstić information content (AvgIpc) is 2.39. The lowest BCUT2D eigenvalue weighted by atomic mass is 9.82. The molecule has 0 aromatic heterocycles. The highest BCUT2D eigenvalue weighted by molar-refractivity contribution is 5.25. The highest BCUT2D eigenvalue weighted by Crippen LogP contribution is 2.38. The smallest absolute Gasteiger partial charge is 0.128 e.